The van der Waals surface area contributed by atoms with E-state index in [0.29, 0.717) is 32.5 Å². The first-order valence-electron chi connectivity index (χ1n) is 10.8. The molecule has 0 spiro atoms. The van der Waals surface area contributed by atoms with E-state index in [1.165, 1.54) is 26.4 Å². The van der Waals surface area contributed by atoms with Crippen molar-refractivity contribution in [3.63, 3.8) is 0 Å². The molecule has 0 bridgehead atoms. The predicted octanol–water partition coefficient (Wildman–Crippen LogP) is 4.24. The van der Waals surface area contributed by atoms with Crippen LogP contribution in [0.2, 0.25) is 0 Å². The maximum absolute atomic E-state index is 12.7. The molecule has 1 atom stereocenters. The molecule has 1 saturated heterocycles. The molecule has 1 aliphatic rings. The normalized spacial score (nSPS) is 17.0. The van der Waals surface area contributed by atoms with Crippen LogP contribution in [0.4, 0.5) is 0 Å². The number of benzene rings is 2. The number of nitrogens with zero attached hydrogens (tertiary/aromatic N) is 1. The maximum Gasteiger partial charge on any atom is 0.236 e. The van der Waals surface area contributed by atoms with Crippen LogP contribution in [0.1, 0.15) is 47.9 Å². The van der Waals surface area contributed by atoms with E-state index in [-0.39, 0.29) is 17.7 Å². The lowest BCUT2D eigenvalue weighted by molar-refractivity contribution is -0.126. The molecule has 1 fully saturated rings. The van der Waals surface area contributed by atoms with Gasteiger partial charge in [-0.3, -0.25) is 4.79 Å². The Bertz CT molecular complexity index is 1020. The van der Waals surface area contributed by atoms with Crippen LogP contribution < -0.4 is 5.32 Å². The third-order valence-electron chi connectivity index (χ3n) is 5.96. The Morgan fingerprint density at radius 3 is 2.48 bits per heavy atom. The van der Waals surface area contributed by atoms with Gasteiger partial charge in [0.25, 0.3) is 0 Å². The number of hydrogen-bond donors (Lipinski definition) is 1. The number of rotatable bonds is 7. The van der Waals surface area contributed by atoms with Crippen LogP contribution in [-0.4, -0.2) is 38.3 Å². The fourth-order valence-electron chi connectivity index (χ4n) is 3.99. The monoisotopic (exact) mass is 440 g/mol. The quantitative estimate of drug-likeness (QED) is 0.700. The topological polar surface area (TPSA) is 66.5 Å². The molecule has 166 valence electrons. The van der Waals surface area contributed by atoms with Crippen LogP contribution in [0.15, 0.2) is 53.9 Å². The highest BCUT2D eigenvalue weighted by molar-refractivity contribution is 7.92. The van der Waals surface area contributed by atoms with Gasteiger partial charge in [-0.15, -0.1) is 0 Å². The van der Waals surface area contributed by atoms with Crippen LogP contribution in [-0.2, 0) is 14.8 Å². The molecule has 1 unspecified atom stereocenters. The minimum Gasteiger partial charge on any atom is -0.355 e. The van der Waals surface area contributed by atoms with E-state index in [1.807, 2.05) is 30.3 Å². The summed E-state index contributed by atoms with van der Waals surface area (Å²) in [6, 6.07) is 15.8. The maximum atomic E-state index is 12.7. The summed E-state index contributed by atoms with van der Waals surface area (Å²) in [5, 5.41) is 4.34. The van der Waals surface area contributed by atoms with E-state index < -0.39 is 10.0 Å². The van der Waals surface area contributed by atoms with Crippen LogP contribution >= 0.6 is 0 Å². The number of sulfonamides is 1. The van der Waals surface area contributed by atoms with E-state index in [2.05, 4.69) is 44.3 Å². The van der Waals surface area contributed by atoms with Crippen LogP contribution in [0, 0.1) is 19.8 Å². The molecule has 1 amide bonds. The number of hydrogen-bond acceptors (Lipinski definition) is 3. The third-order valence-corrected chi connectivity index (χ3v) is 7.53. The summed E-state index contributed by atoms with van der Waals surface area (Å²) in [6.07, 6.45) is 2.70. The van der Waals surface area contributed by atoms with Gasteiger partial charge in [-0.05, 0) is 55.4 Å². The Balaban J connectivity index is 1.50. The van der Waals surface area contributed by atoms with Gasteiger partial charge in [-0.25, -0.2) is 8.42 Å². The Kier molecular flexibility index (Phi) is 7.68. The molecule has 1 aliphatic heterocycles. The SMILES string of the molecule is Cc1ccc(C)c(C(C)CNC(=O)C2CCN(S(=O)(=O)C=Cc3ccccc3)CC2)c1. The Morgan fingerprint density at radius 2 is 1.81 bits per heavy atom. The van der Waals surface area contributed by atoms with Crippen molar-refractivity contribution in [2.45, 2.75) is 39.5 Å². The van der Waals surface area contributed by atoms with Crippen molar-refractivity contribution in [3.8, 4) is 0 Å². The number of carbonyl (C=O) groups excluding carboxylic acids is 1. The summed E-state index contributed by atoms with van der Waals surface area (Å²) in [5.41, 5.74) is 4.55. The second-order valence-corrected chi connectivity index (χ2v) is 10.3. The van der Waals surface area contributed by atoms with Gasteiger partial charge in [-0.2, -0.15) is 4.31 Å². The highest BCUT2D eigenvalue weighted by atomic mass is 32.2. The van der Waals surface area contributed by atoms with Crippen molar-refractivity contribution in [1.82, 2.24) is 9.62 Å². The molecule has 5 nitrogen and oxygen atoms in total. The first-order chi connectivity index (χ1) is 14.8. The second-order valence-electron chi connectivity index (χ2n) is 8.44. The molecular weight excluding hydrogens is 408 g/mol. The first kappa shape index (κ1) is 23.2. The lowest BCUT2D eigenvalue weighted by Gasteiger charge is -2.30. The average molecular weight is 441 g/mol. The molecule has 1 N–H and O–H groups in total. The molecule has 0 radical (unpaired) electrons. The molecule has 31 heavy (non-hydrogen) atoms. The third kappa shape index (κ3) is 6.28. The first-order valence-corrected chi connectivity index (χ1v) is 12.3. The van der Waals surface area contributed by atoms with E-state index in [0.717, 1.165) is 5.56 Å². The fraction of sp³-hybridized carbons (Fsp3) is 0.400. The molecule has 0 aliphatic carbocycles. The van der Waals surface area contributed by atoms with E-state index in [4.69, 9.17) is 0 Å². The second kappa shape index (κ2) is 10.2. The standard InChI is InChI=1S/C25H32N2O3S/c1-19-9-10-20(2)24(17-19)21(3)18-26-25(28)23-11-14-27(15-12-23)31(29,30)16-13-22-7-5-4-6-8-22/h4-10,13,16-17,21,23H,11-12,14-15,18H2,1-3H3,(H,26,28). The van der Waals surface area contributed by atoms with Gasteiger partial charge in [0.15, 0.2) is 0 Å². The highest BCUT2D eigenvalue weighted by Crippen LogP contribution is 2.23. The lowest BCUT2D eigenvalue weighted by Crippen LogP contribution is -2.43. The molecule has 0 saturated carbocycles. The van der Waals surface area contributed by atoms with Crippen molar-refractivity contribution < 1.29 is 13.2 Å². The van der Waals surface area contributed by atoms with Crippen molar-refractivity contribution in [2.24, 2.45) is 5.92 Å². The molecule has 3 rings (SSSR count). The van der Waals surface area contributed by atoms with Crippen molar-refractivity contribution in [3.05, 3.63) is 76.2 Å². The van der Waals surface area contributed by atoms with Gasteiger partial charge in [0.1, 0.15) is 0 Å². The zero-order valence-corrected chi connectivity index (χ0v) is 19.4. The van der Waals surface area contributed by atoms with Crippen LogP contribution in [0.3, 0.4) is 0 Å². The van der Waals surface area contributed by atoms with E-state index >= 15 is 0 Å². The summed E-state index contributed by atoms with van der Waals surface area (Å²) < 4.78 is 26.7. The van der Waals surface area contributed by atoms with E-state index in [9.17, 15) is 13.2 Å². The highest BCUT2D eigenvalue weighted by Gasteiger charge is 2.30. The van der Waals surface area contributed by atoms with Gasteiger partial charge in [0.05, 0.1) is 0 Å². The van der Waals surface area contributed by atoms with Gasteiger partial charge in [0, 0.05) is 31.0 Å². The Morgan fingerprint density at radius 1 is 1.13 bits per heavy atom. The zero-order valence-electron chi connectivity index (χ0n) is 18.5. The number of piperidine rings is 1. The summed E-state index contributed by atoms with van der Waals surface area (Å²) in [5.74, 6) is 0.108. The Labute approximate surface area is 186 Å². The molecule has 2 aromatic rings. The average Bonchev–Trinajstić information content (AvgIpc) is 2.78. The van der Waals surface area contributed by atoms with Gasteiger partial charge in [0.2, 0.25) is 15.9 Å². The summed E-state index contributed by atoms with van der Waals surface area (Å²) >= 11 is 0. The molecule has 6 heteroatoms. The minimum absolute atomic E-state index is 0.0223. The summed E-state index contributed by atoms with van der Waals surface area (Å²) in [6.45, 7) is 7.61. The molecule has 1 heterocycles. The van der Waals surface area contributed by atoms with Crippen molar-refractivity contribution in [2.75, 3.05) is 19.6 Å². The fourth-order valence-corrected chi connectivity index (χ4v) is 5.21. The largest absolute Gasteiger partial charge is 0.355 e. The number of aryl methyl sites for hydroxylation is 2. The Hall–Kier alpha value is -2.44. The predicted molar refractivity (Wildman–Crippen MR) is 126 cm³/mol. The minimum atomic E-state index is -3.48. The van der Waals surface area contributed by atoms with Gasteiger partial charge < -0.3 is 5.32 Å². The van der Waals surface area contributed by atoms with Gasteiger partial charge in [-0.1, -0.05) is 61.0 Å². The summed E-state index contributed by atoms with van der Waals surface area (Å²) in [7, 11) is -3.48. The zero-order chi connectivity index (χ0) is 22.4. The molecule has 2 aromatic carbocycles. The number of nitrogens with one attached hydrogen (secondary N) is 1. The smallest absolute Gasteiger partial charge is 0.236 e. The van der Waals surface area contributed by atoms with Gasteiger partial charge >= 0.3 is 0 Å². The number of amides is 1. The van der Waals surface area contributed by atoms with E-state index in [1.54, 1.807) is 6.08 Å². The molecular formula is C25H32N2O3S. The molecule has 0 aromatic heterocycles. The van der Waals surface area contributed by atoms with Crippen LogP contribution in [0.25, 0.3) is 6.08 Å². The summed E-state index contributed by atoms with van der Waals surface area (Å²) in [4.78, 5) is 12.7. The number of carbonyl (C=O) groups is 1. The van der Waals surface area contributed by atoms with Crippen molar-refractivity contribution >= 4 is 22.0 Å². The van der Waals surface area contributed by atoms with Crippen molar-refractivity contribution in [1.29, 1.82) is 0 Å². The lowest BCUT2D eigenvalue weighted by atomic mass is 9.93. The van der Waals surface area contributed by atoms with Crippen LogP contribution in [0.5, 0.6) is 0 Å².